The number of aromatic nitrogens is 3. The molecule has 1 aliphatic carbocycles. The van der Waals surface area contributed by atoms with Gasteiger partial charge in [-0.05, 0) is 49.1 Å². The van der Waals surface area contributed by atoms with E-state index in [1.807, 2.05) is 15.6 Å². The Labute approximate surface area is 283 Å². The maximum absolute atomic E-state index is 13.8. The van der Waals surface area contributed by atoms with Crippen molar-refractivity contribution in [3.05, 3.63) is 47.8 Å². The van der Waals surface area contributed by atoms with Gasteiger partial charge in [0.2, 0.25) is 17.7 Å². The van der Waals surface area contributed by atoms with E-state index in [1.165, 1.54) is 37.0 Å². The summed E-state index contributed by atoms with van der Waals surface area (Å²) < 4.78 is 12.8. The molecular weight excluding hydrogens is 614 g/mol. The number of aryl methyl sites for hydroxylation is 1. The van der Waals surface area contributed by atoms with Crippen molar-refractivity contribution < 1.29 is 28.7 Å². The molecule has 13 nitrogen and oxygen atoms in total. The molecule has 2 aromatic rings. The number of amides is 4. The van der Waals surface area contributed by atoms with E-state index in [4.69, 9.17) is 9.47 Å². The second-order valence-electron chi connectivity index (χ2n) is 13.3. The van der Waals surface area contributed by atoms with Gasteiger partial charge >= 0.3 is 0 Å². The molecule has 1 saturated carbocycles. The van der Waals surface area contributed by atoms with Crippen LogP contribution >= 0.6 is 0 Å². The van der Waals surface area contributed by atoms with Gasteiger partial charge in [0.25, 0.3) is 5.91 Å². The largest absolute Gasteiger partial charge is 0.377 e. The number of benzene rings is 1. The van der Waals surface area contributed by atoms with Gasteiger partial charge in [-0.25, -0.2) is 0 Å². The minimum absolute atomic E-state index is 0.0395. The van der Waals surface area contributed by atoms with Gasteiger partial charge in [-0.1, -0.05) is 55.5 Å². The Balaban J connectivity index is 1.26. The molecule has 48 heavy (non-hydrogen) atoms. The lowest BCUT2D eigenvalue weighted by molar-refractivity contribution is -0.135. The second-order valence-corrected chi connectivity index (χ2v) is 13.3. The summed E-state index contributed by atoms with van der Waals surface area (Å²) in [4.78, 5) is 55.9. The quantitative estimate of drug-likeness (QED) is 0.446. The molecule has 13 heteroatoms. The fourth-order valence-corrected chi connectivity index (χ4v) is 7.05. The van der Waals surface area contributed by atoms with Gasteiger partial charge in [-0.15, -0.1) is 5.10 Å². The highest BCUT2D eigenvalue weighted by Gasteiger charge is 2.34. The number of hydrogen-bond donors (Lipinski definition) is 2. The minimum Gasteiger partial charge on any atom is -0.377 e. The van der Waals surface area contributed by atoms with Crippen molar-refractivity contribution in [2.45, 2.75) is 64.3 Å². The first-order valence-corrected chi connectivity index (χ1v) is 17.6. The summed E-state index contributed by atoms with van der Waals surface area (Å²) in [5, 5.41) is 14.6. The molecule has 0 radical (unpaired) electrons. The minimum atomic E-state index is -0.315. The summed E-state index contributed by atoms with van der Waals surface area (Å²) >= 11 is 0. The Morgan fingerprint density at radius 2 is 1.69 bits per heavy atom. The zero-order valence-corrected chi connectivity index (χ0v) is 28.0. The van der Waals surface area contributed by atoms with Gasteiger partial charge in [0.15, 0.2) is 0 Å². The topological polar surface area (TPSA) is 148 Å². The van der Waals surface area contributed by atoms with Crippen LogP contribution in [-0.4, -0.2) is 114 Å². The molecule has 4 fully saturated rings. The van der Waals surface area contributed by atoms with Crippen molar-refractivity contribution in [3.63, 3.8) is 0 Å². The van der Waals surface area contributed by atoms with E-state index in [9.17, 15) is 19.2 Å². The number of hydrogen-bond acceptors (Lipinski definition) is 8. The molecule has 6 rings (SSSR count). The van der Waals surface area contributed by atoms with E-state index in [1.54, 1.807) is 24.3 Å². The Morgan fingerprint density at radius 3 is 2.52 bits per heavy atom. The standard InChI is InChI=1S/C35H51N7O6/c43-32-22-29-11-15-40(23-30(29)12-16-42-24-31(38-39-42)21-27-7-3-1-4-8-27)34(45)25-41(35(46)28-9-5-2-6-10-28)17-13-36-33(44)26-48-20-19-47-18-14-37-32/h2,5-6,9-10,24,27,29-30H,1,3-4,7-8,11-23,25-26H2,(H,36,44)(H,37,43)/t29-,30-/m0/s1. The molecule has 4 amide bonds. The van der Waals surface area contributed by atoms with Gasteiger partial charge < -0.3 is 29.9 Å². The summed E-state index contributed by atoms with van der Waals surface area (Å²) in [6.45, 7) is 3.02. The summed E-state index contributed by atoms with van der Waals surface area (Å²) in [5.41, 5.74) is 1.51. The Kier molecular flexibility index (Phi) is 13.8. The van der Waals surface area contributed by atoms with Crippen LogP contribution in [0.5, 0.6) is 0 Å². The highest BCUT2D eigenvalue weighted by Crippen LogP contribution is 2.30. The molecule has 4 aliphatic rings. The van der Waals surface area contributed by atoms with Crippen molar-refractivity contribution in [2.24, 2.45) is 17.8 Å². The van der Waals surface area contributed by atoms with Gasteiger partial charge in [0.1, 0.15) is 13.2 Å². The van der Waals surface area contributed by atoms with E-state index in [2.05, 4.69) is 27.1 Å². The maximum atomic E-state index is 13.8. The first kappa shape index (κ1) is 35.5. The monoisotopic (exact) mass is 665 g/mol. The molecule has 2 atom stereocenters. The SMILES string of the molecule is O=C1COCCOCCNC(=O)C[C@@H]2CCN(C[C@@H]2CCn2cc(CC3CCCCC3)nn2)C(=O)CN(C(=O)c2ccccc2)CCN1. The van der Waals surface area contributed by atoms with Crippen LogP contribution in [0.25, 0.3) is 0 Å². The van der Waals surface area contributed by atoms with Crippen molar-refractivity contribution in [3.8, 4) is 0 Å². The second kappa shape index (κ2) is 18.6. The Bertz CT molecular complexity index is 1330. The van der Waals surface area contributed by atoms with E-state index >= 15 is 0 Å². The van der Waals surface area contributed by atoms with Crippen molar-refractivity contribution in [2.75, 3.05) is 65.7 Å². The summed E-state index contributed by atoms with van der Waals surface area (Å²) in [5.74, 6) is 0.0656. The van der Waals surface area contributed by atoms with E-state index < -0.39 is 0 Å². The van der Waals surface area contributed by atoms with Gasteiger partial charge in [0, 0.05) is 57.4 Å². The first-order chi connectivity index (χ1) is 23.4. The highest BCUT2D eigenvalue weighted by molar-refractivity contribution is 5.96. The normalized spacial score (nSPS) is 23.3. The third-order valence-corrected chi connectivity index (χ3v) is 9.74. The van der Waals surface area contributed by atoms with Crippen LogP contribution in [0.3, 0.4) is 0 Å². The molecule has 3 saturated heterocycles. The molecule has 262 valence electrons. The number of nitrogens with one attached hydrogen (secondary N) is 2. The lowest BCUT2D eigenvalue weighted by Gasteiger charge is -2.39. The van der Waals surface area contributed by atoms with Crippen LogP contribution in [0.1, 0.15) is 67.4 Å². The van der Waals surface area contributed by atoms with Crippen LogP contribution in [0.4, 0.5) is 0 Å². The Morgan fingerprint density at radius 1 is 0.896 bits per heavy atom. The van der Waals surface area contributed by atoms with Crippen molar-refractivity contribution in [1.29, 1.82) is 0 Å². The fraction of sp³-hybridized carbons (Fsp3) is 0.657. The van der Waals surface area contributed by atoms with Crippen molar-refractivity contribution >= 4 is 23.6 Å². The molecule has 1 aromatic carbocycles. The average Bonchev–Trinajstić information content (AvgIpc) is 3.55. The van der Waals surface area contributed by atoms with Gasteiger partial charge in [-0.2, -0.15) is 0 Å². The summed E-state index contributed by atoms with van der Waals surface area (Å²) in [6.07, 6.45) is 11.2. The number of nitrogens with zero attached hydrogens (tertiary/aromatic N) is 5. The zero-order chi connectivity index (χ0) is 33.6. The molecule has 4 heterocycles. The molecule has 2 bridgehead atoms. The first-order valence-electron chi connectivity index (χ1n) is 17.6. The predicted molar refractivity (Wildman–Crippen MR) is 178 cm³/mol. The van der Waals surface area contributed by atoms with Crippen LogP contribution in [0, 0.1) is 17.8 Å². The van der Waals surface area contributed by atoms with Crippen LogP contribution in [-0.2, 0) is 36.8 Å². The van der Waals surface area contributed by atoms with Gasteiger partial charge in [0.05, 0.1) is 25.5 Å². The molecule has 3 aliphatic heterocycles. The van der Waals surface area contributed by atoms with E-state index in [0.29, 0.717) is 63.7 Å². The molecule has 0 spiro atoms. The third kappa shape index (κ3) is 11.1. The maximum Gasteiger partial charge on any atom is 0.254 e. The summed E-state index contributed by atoms with van der Waals surface area (Å²) in [6, 6.07) is 8.84. The average molecular weight is 666 g/mol. The van der Waals surface area contributed by atoms with Crippen LogP contribution in [0.2, 0.25) is 0 Å². The Hall–Kier alpha value is -3.84. The highest BCUT2D eigenvalue weighted by atomic mass is 16.5. The van der Waals surface area contributed by atoms with Gasteiger partial charge in [-0.3, -0.25) is 23.9 Å². The molecular formula is C35H51N7O6. The lowest BCUT2D eigenvalue weighted by Crippen LogP contribution is -2.50. The number of rotatable bonds is 6. The number of carbonyl (C=O) groups is 4. The van der Waals surface area contributed by atoms with E-state index in [-0.39, 0.29) is 68.3 Å². The van der Waals surface area contributed by atoms with Crippen LogP contribution < -0.4 is 10.6 Å². The van der Waals surface area contributed by atoms with E-state index in [0.717, 1.165) is 18.5 Å². The van der Waals surface area contributed by atoms with Crippen molar-refractivity contribution in [1.82, 2.24) is 35.4 Å². The molecule has 2 N–H and O–H groups in total. The lowest BCUT2D eigenvalue weighted by atomic mass is 9.81. The number of ether oxygens (including phenoxy) is 2. The number of fused-ring (bicyclic) bond motifs is 18. The zero-order valence-electron chi connectivity index (χ0n) is 28.0. The molecule has 0 unspecified atom stereocenters. The smallest absolute Gasteiger partial charge is 0.254 e. The third-order valence-electron chi connectivity index (χ3n) is 9.74. The van der Waals surface area contributed by atoms with Crippen LogP contribution in [0.15, 0.2) is 36.5 Å². The fourth-order valence-electron chi connectivity index (χ4n) is 7.05. The molecule has 1 aromatic heterocycles. The summed E-state index contributed by atoms with van der Waals surface area (Å²) in [7, 11) is 0. The predicted octanol–water partition coefficient (Wildman–Crippen LogP) is 2.07. The number of piperidine rings is 1. The number of carbonyl (C=O) groups excluding carboxylic acids is 4.